The van der Waals surface area contributed by atoms with Gasteiger partial charge in [-0.3, -0.25) is 14.3 Å². The summed E-state index contributed by atoms with van der Waals surface area (Å²) in [6.45, 7) is 3.22. The molecule has 1 aliphatic carbocycles. The molecule has 2 aromatic rings. The van der Waals surface area contributed by atoms with Crippen LogP contribution in [0.1, 0.15) is 54.4 Å². The van der Waals surface area contributed by atoms with Gasteiger partial charge in [-0.15, -0.1) is 0 Å². The first-order valence-electron chi connectivity index (χ1n) is 10.8. The van der Waals surface area contributed by atoms with E-state index in [0.717, 1.165) is 17.9 Å². The Morgan fingerprint density at radius 3 is 2.31 bits per heavy atom. The number of hydrogen-bond acceptors (Lipinski definition) is 3. The van der Waals surface area contributed by atoms with Crippen LogP contribution in [0.25, 0.3) is 0 Å². The van der Waals surface area contributed by atoms with Gasteiger partial charge in [-0.25, -0.2) is 0 Å². The van der Waals surface area contributed by atoms with Gasteiger partial charge in [-0.1, -0.05) is 37.8 Å². The van der Waals surface area contributed by atoms with Crippen LogP contribution in [-0.2, 0) is 11.3 Å². The third kappa shape index (κ3) is 5.05. The van der Waals surface area contributed by atoms with Crippen molar-refractivity contribution in [1.82, 2.24) is 19.6 Å². The van der Waals surface area contributed by atoms with Gasteiger partial charge in [-0.05, 0) is 36.1 Å². The normalized spacial score (nSPS) is 17.7. The number of rotatable bonds is 6. The second kappa shape index (κ2) is 9.25. The first-order chi connectivity index (χ1) is 14.2. The SMILES string of the molecule is O=C(CCC1CCCC1)N1CCN(C(=O)c2ccc(Cn3cccn3)cc2)CC1. The highest BCUT2D eigenvalue weighted by atomic mass is 16.2. The molecule has 6 heteroatoms. The Balaban J connectivity index is 1.24. The Labute approximate surface area is 172 Å². The van der Waals surface area contributed by atoms with Gasteiger partial charge < -0.3 is 9.80 Å². The van der Waals surface area contributed by atoms with Gasteiger partial charge in [0.1, 0.15) is 0 Å². The zero-order chi connectivity index (χ0) is 20.1. The van der Waals surface area contributed by atoms with Crippen molar-refractivity contribution in [3.05, 3.63) is 53.9 Å². The van der Waals surface area contributed by atoms with E-state index < -0.39 is 0 Å². The minimum absolute atomic E-state index is 0.0497. The Kier molecular flexibility index (Phi) is 6.27. The van der Waals surface area contributed by atoms with Crippen molar-refractivity contribution in [3.63, 3.8) is 0 Å². The highest BCUT2D eigenvalue weighted by Crippen LogP contribution is 2.28. The molecule has 4 rings (SSSR count). The maximum absolute atomic E-state index is 12.8. The van der Waals surface area contributed by atoms with Gasteiger partial charge in [0.05, 0.1) is 6.54 Å². The lowest BCUT2D eigenvalue weighted by Gasteiger charge is -2.35. The highest BCUT2D eigenvalue weighted by molar-refractivity contribution is 5.94. The largest absolute Gasteiger partial charge is 0.339 e. The zero-order valence-electron chi connectivity index (χ0n) is 17.0. The Morgan fingerprint density at radius 2 is 1.66 bits per heavy atom. The Bertz CT molecular complexity index is 802. The van der Waals surface area contributed by atoms with Gasteiger partial charge in [0.25, 0.3) is 5.91 Å². The van der Waals surface area contributed by atoms with E-state index in [2.05, 4.69) is 5.10 Å². The van der Waals surface area contributed by atoms with Crippen LogP contribution in [-0.4, -0.2) is 57.6 Å². The lowest BCUT2D eigenvalue weighted by molar-refractivity contribution is -0.133. The van der Waals surface area contributed by atoms with Crippen LogP contribution in [0.3, 0.4) is 0 Å². The zero-order valence-corrected chi connectivity index (χ0v) is 17.0. The number of carbonyl (C=O) groups is 2. The molecule has 2 amide bonds. The summed E-state index contributed by atoms with van der Waals surface area (Å²) in [6.07, 6.45) is 10.6. The third-order valence-electron chi connectivity index (χ3n) is 6.27. The highest BCUT2D eigenvalue weighted by Gasteiger charge is 2.25. The predicted molar refractivity (Wildman–Crippen MR) is 111 cm³/mol. The molecule has 0 bridgehead atoms. The molecule has 154 valence electrons. The van der Waals surface area contributed by atoms with Crippen molar-refractivity contribution in [3.8, 4) is 0 Å². The molecular formula is C23H30N4O2. The van der Waals surface area contributed by atoms with Crippen molar-refractivity contribution in [1.29, 1.82) is 0 Å². The molecule has 29 heavy (non-hydrogen) atoms. The lowest BCUT2D eigenvalue weighted by atomic mass is 10.0. The first-order valence-corrected chi connectivity index (χ1v) is 10.8. The minimum Gasteiger partial charge on any atom is -0.339 e. The van der Waals surface area contributed by atoms with Crippen LogP contribution >= 0.6 is 0 Å². The summed E-state index contributed by atoms with van der Waals surface area (Å²) in [5, 5.41) is 4.21. The molecule has 2 aliphatic rings. The maximum Gasteiger partial charge on any atom is 0.253 e. The lowest BCUT2D eigenvalue weighted by Crippen LogP contribution is -2.50. The van der Waals surface area contributed by atoms with Crippen molar-refractivity contribution >= 4 is 11.8 Å². The Hall–Kier alpha value is -2.63. The number of carbonyl (C=O) groups excluding carboxylic acids is 2. The number of benzene rings is 1. The van der Waals surface area contributed by atoms with Gasteiger partial charge in [-0.2, -0.15) is 5.10 Å². The van der Waals surface area contributed by atoms with Crippen molar-refractivity contribution in [2.45, 2.75) is 45.1 Å². The predicted octanol–water partition coefficient (Wildman–Crippen LogP) is 3.19. The van der Waals surface area contributed by atoms with Crippen molar-refractivity contribution in [2.75, 3.05) is 26.2 Å². The van der Waals surface area contributed by atoms with Crippen LogP contribution in [0.15, 0.2) is 42.7 Å². The average Bonchev–Trinajstić information content (AvgIpc) is 3.46. The maximum atomic E-state index is 12.8. The molecule has 1 aromatic heterocycles. The van der Waals surface area contributed by atoms with Crippen LogP contribution in [0.4, 0.5) is 0 Å². The van der Waals surface area contributed by atoms with Crippen LogP contribution in [0.5, 0.6) is 0 Å². The van der Waals surface area contributed by atoms with E-state index in [1.807, 2.05) is 51.0 Å². The molecule has 0 atom stereocenters. The quantitative estimate of drug-likeness (QED) is 0.756. The monoisotopic (exact) mass is 394 g/mol. The topological polar surface area (TPSA) is 58.4 Å². The van der Waals surface area contributed by atoms with Gasteiger partial charge in [0.15, 0.2) is 0 Å². The van der Waals surface area contributed by atoms with E-state index >= 15 is 0 Å². The number of piperazine rings is 1. The molecule has 2 fully saturated rings. The minimum atomic E-state index is 0.0497. The smallest absolute Gasteiger partial charge is 0.253 e. The number of aromatic nitrogens is 2. The summed E-state index contributed by atoms with van der Waals surface area (Å²) in [4.78, 5) is 29.1. The summed E-state index contributed by atoms with van der Waals surface area (Å²) in [5.41, 5.74) is 1.82. The van der Waals surface area contributed by atoms with E-state index in [0.29, 0.717) is 44.7 Å². The first kappa shape index (κ1) is 19.7. The van der Waals surface area contributed by atoms with Crippen LogP contribution < -0.4 is 0 Å². The van der Waals surface area contributed by atoms with E-state index in [-0.39, 0.29) is 11.8 Å². The molecule has 6 nitrogen and oxygen atoms in total. The van der Waals surface area contributed by atoms with Gasteiger partial charge in [0.2, 0.25) is 5.91 Å². The fraction of sp³-hybridized carbons (Fsp3) is 0.522. The number of nitrogens with zero attached hydrogens (tertiary/aromatic N) is 4. The summed E-state index contributed by atoms with van der Waals surface area (Å²) >= 11 is 0. The fourth-order valence-electron chi connectivity index (χ4n) is 4.46. The molecule has 0 radical (unpaired) electrons. The van der Waals surface area contributed by atoms with Gasteiger partial charge in [0, 0.05) is 50.6 Å². The molecule has 2 heterocycles. The summed E-state index contributed by atoms with van der Waals surface area (Å²) in [6, 6.07) is 9.65. The van der Waals surface area contributed by atoms with E-state index in [1.54, 1.807) is 6.20 Å². The molecule has 0 unspecified atom stereocenters. The standard InChI is InChI=1S/C23H30N4O2/c28-22(11-8-19-4-1-2-5-19)25-14-16-26(17-15-25)23(29)21-9-6-20(7-10-21)18-27-13-3-12-24-27/h3,6-7,9-10,12-13,19H,1-2,4-5,8,11,14-18H2. The molecule has 1 saturated heterocycles. The van der Waals surface area contributed by atoms with E-state index in [1.165, 1.54) is 25.7 Å². The summed E-state index contributed by atoms with van der Waals surface area (Å²) in [5.74, 6) is 1.05. The van der Waals surface area contributed by atoms with Crippen LogP contribution in [0.2, 0.25) is 0 Å². The fourth-order valence-corrected chi connectivity index (χ4v) is 4.46. The molecule has 0 N–H and O–H groups in total. The molecular weight excluding hydrogens is 364 g/mol. The van der Waals surface area contributed by atoms with Crippen molar-refractivity contribution < 1.29 is 9.59 Å². The third-order valence-corrected chi connectivity index (χ3v) is 6.27. The molecule has 1 aliphatic heterocycles. The van der Waals surface area contributed by atoms with Gasteiger partial charge >= 0.3 is 0 Å². The molecule has 0 spiro atoms. The van der Waals surface area contributed by atoms with Crippen molar-refractivity contribution in [2.24, 2.45) is 5.92 Å². The average molecular weight is 395 g/mol. The molecule has 1 saturated carbocycles. The molecule has 1 aromatic carbocycles. The number of hydrogen-bond donors (Lipinski definition) is 0. The van der Waals surface area contributed by atoms with E-state index in [4.69, 9.17) is 0 Å². The van der Waals surface area contributed by atoms with Crippen LogP contribution in [0, 0.1) is 5.92 Å². The Morgan fingerprint density at radius 1 is 0.966 bits per heavy atom. The second-order valence-electron chi connectivity index (χ2n) is 8.26. The summed E-state index contributed by atoms with van der Waals surface area (Å²) < 4.78 is 1.86. The second-order valence-corrected chi connectivity index (χ2v) is 8.26. The number of amides is 2. The van der Waals surface area contributed by atoms with E-state index in [9.17, 15) is 9.59 Å². The summed E-state index contributed by atoms with van der Waals surface area (Å²) in [7, 11) is 0.